The number of rotatable bonds is 4. The van der Waals surface area contributed by atoms with Crippen LogP contribution in [0.4, 0.5) is 0 Å². The van der Waals surface area contributed by atoms with Crippen LogP contribution in [0.5, 0.6) is 0 Å². The van der Waals surface area contributed by atoms with Crippen molar-refractivity contribution in [1.82, 2.24) is 9.88 Å². The fraction of sp³-hybridized carbons (Fsp3) is 0.0185. The first-order chi connectivity index (χ1) is 28.3. The van der Waals surface area contributed by atoms with E-state index in [1.807, 2.05) is 0 Å². The molecule has 11 aromatic rings. The lowest BCUT2D eigenvalue weighted by atomic mass is 9.87. The molecule has 0 fully saturated rings. The minimum Gasteiger partial charge on any atom is -0.359 e. The van der Waals surface area contributed by atoms with Gasteiger partial charge in [0, 0.05) is 38.4 Å². The third-order valence-electron chi connectivity index (χ3n) is 12.0. The predicted octanol–water partition coefficient (Wildman–Crippen LogP) is 13.7. The maximum Gasteiger partial charge on any atom is 0.135 e. The van der Waals surface area contributed by atoms with Gasteiger partial charge in [0.2, 0.25) is 0 Å². The largest absolute Gasteiger partial charge is 0.359 e. The van der Waals surface area contributed by atoms with Crippen molar-refractivity contribution < 1.29 is 0 Å². The number of aromatic nitrogens is 1. The second-order valence-corrected chi connectivity index (χ2v) is 15.1. The molecule has 1 unspecified atom stereocenters. The molecule has 266 valence electrons. The maximum atomic E-state index is 5.46. The summed E-state index contributed by atoms with van der Waals surface area (Å²) in [6.45, 7) is 0. The molecule has 0 aliphatic carbocycles. The molecule has 1 aliphatic heterocycles. The topological polar surface area (TPSA) is 29.3 Å². The maximum absolute atomic E-state index is 5.46. The molecular formula is C54H35N3. The molecular weight excluding hydrogens is 691 g/mol. The van der Waals surface area contributed by atoms with Gasteiger partial charge in [-0.05, 0) is 79.0 Å². The summed E-state index contributed by atoms with van der Waals surface area (Å²) >= 11 is 0. The molecule has 0 spiro atoms. The van der Waals surface area contributed by atoms with Gasteiger partial charge < -0.3 is 9.88 Å². The summed E-state index contributed by atoms with van der Waals surface area (Å²) in [6, 6.07) is 70.2. The first kappa shape index (κ1) is 31.8. The highest BCUT2D eigenvalue weighted by atomic mass is 15.1. The van der Waals surface area contributed by atoms with Gasteiger partial charge in [0.15, 0.2) is 0 Å². The molecule has 1 N–H and O–H groups in total. The number of hydrogen-bond acceptors (Lipinski definition) is 2. The molecule has 0 saturated heterocycles. The zero-order valence-electron chi connectivity index (χ0n) is 31.0. The van der Waals surface area contributed by atoms with Gasteiger partial charge in [-0.3, -0.25) is 0 Å². The smallest absolute Gasteiger partial charge is 0.135 e. The van der Waals surface area contributed by atoms with E-state index in [1.54, 1.807) is 0 Å². The zero-order chi connectivity index (χ0) is 37.5. The summed E-state index contributed by atoms with van der Waals surface area (Å²) < 4.78 is 2.46. The van der Waals surface area contributed by atoms with E-state index in [9.17, 15) is 0 Å². The molecule has 0 radical (unpaired) electrons. The summed E-state index contributed by atoms with van der Waals surface area (Å²) in [7, 11) is 0. The Hall–Kier alpha value is -7.49. The number of benzene rings is 10. The molecule has 0 saturated carbocycles. The number of fused-ring (bicyclic) bond motifs is 12. The van der Waals surface area contributed by atoms with Crippen LogP contribution in [-0.4, -0.2) is 10.4 Å². The summed E-state index contributed by atoms with van der Waals surface area (Å²) in [4.78, 5) is 5.46. The minimum atomic E-state index is -0.167. The van der Waals surface area contributed by atoms with E-state index in [0.29, 0.717) is 0 Å². The van der Waals surface area contributed by atoms with Crippen molar-refractivity contribution in [3.63, 3.8) is 0 Å². The average Bonchev–Trinajstić information content (AvgIpc) is 3.64. The van der Waals surface area contributed by atoms with Crippen molar-refractivity contribution in [1.29, 1.82) is 0 Å². The van der Waals surface area contributed by atoms with Crippen LogP contribution in [0.3, 0.4) is 0 Å². The van der Waals surface area contributed by atoms with Gasteiger partial charge in [0.05, 0.1) is 22.8 Å². The van der Waals surface area contributed by atoms with Crippen LogP contribution in [0.2, 0.25) is 0 Å². The normalized spacial score (nSPS) is 14.5. The van der Waals surface area contributed by atoms with E-state index in [0.717, 1.165) is 28.3 Å². The van der Waals surface area contributed by atoms with E-state index in [2.05, 4.69) is 210 Å². The van der Waals surface area contributed by atoms with E-state index in [-0.39, 0.29) is 6.04 Å². The molecule has 10 aromatic carbocycles. The second kappa shape index (κ2) is 12.5. The number of amidine groups is 1. The molecule has 1 aromatic heterocycles. The van der Waals surface area contributed by atoms with Crippen LogP contribution in [-0.2, 0) is 0 Å². The summed E-state index contributed by atoms with van der Waals surface area (Å²) in [5, 5.41) is 18.8. The standard InChI is InChI=1S/C54H35N3/c1-2-20-36(21-3-1)57-50-31-13-12-28-45(50)52-51-42-26-10-8-24-39(42)46(32-47(51)40-25-9-11-27-43(40)53(52)57)49-33-48(41-29-14-18-34-16-4-6-22-37(34)41)55-54(56-49)44-30-15-19-35-17-5-7-23-38(35)44/h1-33,49H,(H,55,56). The Morgan fingerprint density at radius 1 is 0.421 bits per heavy atom. The fourth-order valence-electron chi connectivity index (χ4n) is 9.53. The minimum absolute atomic E-state index is 0.167. The molecule has 1 aliphatic rings. The van der Waals surface area contributed by atoms with Crippen LogP contribution in [0, 0.1) is 0 Å². The van der Waals surface area contributed by atoms with Gasteiger partial charge in [-0.15, -0.1) is 0 Å². The Kier molecular flexibility index (Phi) is 6.99. The molecule has 2 heterocycles. The summed E-state index contributed by atoms with van der Waals surface area (Å²) in [5.74, 6) is 0.873. The van der Waals surface area contributed by atoms with Gasteiger partial charge >= 0.3 is 0 Å². The van der Waals surface area contributed by atoms with E-state index >= 15 is 0 Å². The highest BCUT2D eigenvalue weighted by Crippen LogP contribution is 2.47. The first-order valence-electron chi connectivity index (χ1n) is 19.7. The van der Waals surface area contributed by atoms with Crippen LogP contribution >= 0.6 is 0 Å². The molecule has 12 rings (SSSR count). The third-order valence-corrected chi connectivity index (χ3v) is 12.0. The Bertz CT molecular complexity index is 3490. The highest BCUT2D eigenvalue weighted by molar-refractivity contribution is 6.37. The predicted molar refractivity (Wildman–Crippen MR) is 242 cm³/mol. The lowest BCUT2D eigenvalue weighted by Crippen LogP contribution is -2.31. The summed E-state index contributed by atoms with van der Waals surface area (Å²) in [6.07, 6.45) is 2.34. The Labute approximate surface area is 329 Å². The molecule has 3 heteroatoms. The molecule has 3 nitrogen and oxygen atoms in total. The van der Waals surface area contributed by atoms with Gasteiger partial charge in [-0.1, -0.05) is 170 Å². The van der Waals surface area contributed by atoms with Crippen molar-refractivity contribution in [3.8, 4) is 5.69 Å². The van der Waals surface area contributed by atoms with Gasteiger partial charge in [-0.2, -0.15) is 0 Å². The number of para-hydroxylation sites is 2. The van der Waals surface area contributed by atoms with Crippen LogP contribution in [0.25, 0.3) is 87.1 Å². The lowest BCUT2D eigenvalue weighted by molar-refractivity contribution is 0.789. The quantitative estimate of drug-likeness (QED) is 0.180. The van der Waals surface area contributed by atoms with Crippen molar-refractivity contribution in [2.75, 3.05) is 0 Å². The molecule has 57 heavy (non-hydrogen) atoms. The van der Waals surface area contributed by atoms with Crippen molar-refractivity contribution in [3.05, 3.63) is 217 Å². The Morgan fingerprint density at radius 3 is 1.74 bits per heavy atom. The highest BCUT2D eigenvalue weighted by Gasteiger charge is 2.26. The van der Waals surface area contributed by atoms with Crippen LogP contribution < -0.4 is 5.32 Å². The molecule has 0 amide bonds. The van der Waals surface area contributed by atoms with E-state index in [1.165, 1.54) is 81.2 Å². The van der Waals surface area contributed by atoms with Crippen LogP contribution in [0.1, 0.15) is 22.7 Å². The molecule has 0 bridgehead atoms. The monoisotopic (exact) mass is 725 g/mol. The van der Waals surface area contributed by atoms with Crippen molar-refractivity contribution >= 4 is 87.2 Å². The van der Waals surface area contributed by atoms with E-state index in [4.69, 9.17) is 4.99 Å². The zero-order valence-corrected chi connectivity index (χ0v) is 31.0. The Morgan fingerprint density at radius 2 is 0.982 bits per heavy atom. The van der Waals surface area contributed by atoms with Crippen molar-refractivity contribution in [2.24, 2.45) is 4.99 Å². The van der Waals surface area contributed by atoms with Crippen LogP contribution in [0.15, 0.2) is 205 Å². The SMILES string of the molecule is C1=C(c2cccc3ccccc23)N=C(c2cccc3ccccc23)NC1c1cc2c3ccccc3c3c(c4ccccc4n3-c3ccccc3)c2c2ccccc12. The number of nitrogens with one attached hydrogen (secondary N) is 1. The lowest BCUT2D eigenvalue weighted by Gasteiger charge is -2.27. The van der Waals surface area contributed by atoms with Gasteiger partial charge in [0.1, 0.15) is 5.84 Å². The summed E-state index contributed by atoms with van der Waals surface area (Å²) in [5.41, 5.74) is 8.01. The fourth-order valence-corrected chi connectivity index (χ4v) is 9.53. The number of aliphatic imine (C=N–C) groups is 1. The van der Waals surface area contributed by atoms with Gasteiger partial charge in [-0.25, -0.2) is 4.99 Å². The Balaban J connectivity index is 1.18. The van der Waals surface area contributed by atoms with Crippen molar-refractivity contribution in [2.45, 2.75) is 6.04 Å². The first-order valence-corrected chi connectivity index (χ1v) is 19.7. The number of hydrogen-bond donors (Lipinski definition) is 1. The second-order valence-electron chi connectivity index (χ2n) is 15.1. The van der Waals surface area contributed by atoms with Gasteiger partial charge in [0.25, 0.3) is 0 Å². The third kappa shape index (κ3) is 4.82. The molecule has 1 atom stereocenters. The van der Waals surface area contributed by atoms with E-state index < -0.39 is 0 Å². The number of nitrogens with zero attached hydrogens (tertiary/aromatic N) is 2. The average molecular weight is 726 g/mol.